The molecule has 0 saturated carbocycles. The first-order chi connectivity index (χ1) is 11.5. The molecule has 1 aromatic heterocycles. The lowest BCUT2D eigenvalue weighted by molar-refractivity contribution is -0.383. The van der Waals surface area contributed by atoms with Gasteiger partial charge >= 0.3 is 0 Å². The predicted octanol–water partition coefficient (Wildman–Crippen LogP) is 2.60. The second-order valence-electron chi connectivity index (χ2n) is 6.26. The van der Waals surface area contributed by atoms with Crippen molar-refractivity contribution in [3.63, 3.8) is 0 Å². The molecule has 0 amide bonds. The maximum Gasteiger partial charge on any atom is 0.293 e. The first-order valence-electron chi connectivity index (χ1n) is 8.09. The summed E-state index contributed by atoms with van der Waals surface area (Å²) in [6.07, 6.45) is 1.48. The van der Waals surface area contributed by atoms with Crippen molar-refractivity contribution in [1.29, 1.82) is 0 Å². The Balaban J connectivity index is 2.21. The summed E-state index contributed by atoms with van der Waals surface area (Å²) in [6.45, 7) is 6.54. The van der Waals surface area contributed by atoms with Crippen molar-refractivity contribution in [2.24, 2.45) is 5.92 Å². The number of rotatable bonds is 5. The normalized spacial score (nSPS) is 16.3. The number of nitrogens with zero attached hydrogens (tertiary/aromatic N) is 2. The van der Waals surface area contributed by atoms with E-state index in [0.717, 1.165) is 41.7 Å². The SMILES string of the molecule is Cc1[nH]c2c([N+](=O)[O-])ccc(N3CCOCC3)c2c1CC(C)C=O. The molecule has 1 aromatic carbocycles. The average Bonchev–Trinajstić information content (AvgIpc) is 2.91. The fraction of sp³-hybridized carbons (Fsp3) is 0.471. The Labute approximate surface area is 139 Å². The Kier molecular flexibility index (Phi) is 4.53. The van der Waals surface area contributed by atoms with Crippen molar-refractivity contribution in [3.05, 3.63) is 33.5 Å². The van der Waals surface area contributed by atoms with Crippen LogP contribution in [0.3, 0.4) is 0 Å². The number of non-ortho nitro benzene ring substituents is 1. The molecule has 0 aliphatic carbocycles. The molecule has 1 unspecified atom stereocenters. The fourth-order valence-electron chi connectivity index (χ4n) is 3.31. The number of aldehydes is 1. The second-order valence-corrected chi connectivity index (χ2v) is 6.26. The highest BCUT2D eigenvalue weighted by atomic mass is 16.6. The molecule has 2 heterocycles. The summed E-state index contributed by atoms with van der Waals surface area (Å²) in [5, 5.41) is 12.3. The molecule has 0 bridgehead atoms. The number of aromatic nitrogens is 1. The topological polar surface area (TPSA) is 88.5 Å². The van der Waals surface area contributed by atoms with Gasteiger partial charge in [0, 0.05) is 41.8 Å². The van der Waals surface area contributed by atoms with Crippen LogP contribution in [0.15, 0.2) is 12.1 Å². The summed E-state index contributed by atoms with van der Waals surface area (Å²) in [7, 11) is 0. The van der Waals surface area contributed by atoms with Crippen LogP contribution in [-0.4, -0.2) is 42.5 Å². The fourth-order valence-corrected chi connectivity index (χ4v) is 3.31. The number of aryl methyl sites for hydroxylation is 1. The lowest BCUT2D eigenvalue weighted by Gasteiger charge is -2.29. The third kappa shape index (κ3) is 2.87. The minimum absolute atomic E-state index is 0.0649. The van der Waals surface area contributed by atoms with Crippen molar-refractivity contribution in [2.75, 3.05) is 31.2 Å². The summed E-state index contributed by atoms with van der Waals surface area (Å²) >= 11 is 0. The minimum atomic E-state index is -0.367. The molecular weight excluding hydrogens is 310 g/mol. The first-order valence-corrected chi connectivity index (χ1v) is 8.09. The summed E-state index contributed by atoms with van der Waals surface area (Å²) < 4.78 is 5.41. The van der Waals surface area contributed by atoms with Gasteiger partial charge in [0.15, 0.2) is 0 Å². The zero-order chi connectivity index (χ0) is 17.3. The van der Waals surface area contributed by atoms with Gasteiger partial charge in [-0.05, 0) is 25.0 Å². The number of hydrogen-bond donors (Lipinski definition) is 1. The van der Waals surface area contributed by atoms with Crippen LogP contribution < -0.4 is 4.90 Å². The number of hydrogen-bond acceptors (Lipinski definition) is 5. The molecule has 7 heteroatoms. The van der Waals surface area contributed by atoms with Crippen LogP contribution in [0.1, 0.15) is 18.2 Å². The number of carbonyl (C=O) groups excluding carboxylic acids is 1. The van der Waals surface area contributed by atoms with Crippen molar-refractivity contribution in [3.8, 4) is 0 Å². The number of nitrogens with one attached hydrogen (secondary N) is 1. The van der Waals surface area contributed by atoms with Crippen LogP contribution in [0.5, 0.6) is 0 Å². The third-order valence-corrected chi connectivity index (χ3v) is 4.54. The smallest absolute Gasteiger partial charge is 0.293 e. The van der Waals surface area contributed by atoms with E-state index in [2.05, 4.69) is 9.88 Å². The van der Waals surface area contributed by atoms with Gasteiger partial charge < -0.3 is 19.4 Å². The quantitative estimate of drug-likeness (QED) is 0.517. The largest absolute Gasteiger partial charge is 0.378 e. The van der Waals surface area contributed by atoms with E-state index in [9.17, 15) is 14.9 Å². The number of ether oxygens (including phenoxy) is 1. The van der Waals surface area contributed by atoms with Crippen LogP contribution in [0.25, 0.3) is 10.9 Å². The van der Waals surface area contributed by atoms with Crippen LogP contribution in [0, 0.1) is 23.0 Å². The van der Waals surface area contributed by atoms with Crippen molar-refractivity contribution < 1.29 is 14.5 Å². The number of fused-ring (bicyclic) bond motifs is 1. The number of benzene rings is 1. The highest BCUT2D eigenvalue weighted by Gasteiger charge is 2.25. The van der Waals surface area contributed by atoms with E-state index < -0.39 is 0 Å². The number of aromatic amines is 1. The number of nitro groups is 1. The molecule has 24 heavy (non-hydrogen) atoms. The average molecular weight is 331 g/mol. The molecule has 1 saturated heterocycles. The molecule has 1 fully saturated rings. The number of anilines is 1. The lowest BCUT2D eigenvalue weighted by atomic mass is 9.98. The highest BCUT2D eigenvalue weighted by Crippen LogP contribution is 2.38. The Morgan fingerprint density at radius 1 is 1.42 bits per heavy atom. The summed E-state index contributed by atoms with van der Waals surface area (Å²) in [5.74, 6) is -0.139. The standard InChI is InChI=1S/C17H21N3O4/c1-11(10-21)9-13-12(2)18-17-15(20(22)23)4-3-14(16(13)17)19-5-7-24-8-6-19/h3-4,10-11,18H,5-9H2,1-2H3. The van der Waals surface area contributed by atoms with Crippen LogP contribution in [-0.2, 0) is 16.0 Å². The second kappa shape index (κ2) is 6.60. The molecule has 1 N–H and O–H groups in total. The van der Waals surface area contributed by atoms with Gasteiger partial charge in [0.05, 0.1) is 18.1 Å². The van der Waals surface area contributed by atoms with E-state index in [1.54, 1.807) is 6.07 Å². The van der Waals surface area contributed by atoms with Gasteiger partial charge in [0.25, 0.3) is 5.69 Å². The maximum atomic E-state index is 11.4. The lowest BCUT2D eigenvalue weighted by Crippen LogP contribution is -2.36. The van der Waals surface area contributed by atoms with E-state index >= 15 is 0 Å². The van der Waals surface area contributed by atoms with E-state index in [4.69, 9.17) is 4.74 Å². The summed E-state index contributed by atoms with van der Waals surface area (Å²) in [5.41, 5.74) is 3.43. The predicted molar refractivity (Wildman–Crippen MR) is 91.7 cm³/mol. The molecule has 128 valence electrons. The maximum absolute atomic E-state index is 11.4. The Bertz CT molecular complexity index is 778. The van der Waals surface area contributed by atoms with Crippen LogP contribution in [0.4, 0.5) is 11.4 Å². The van der Waals surface area contributed by atoms with Crippen LogP contribution >= 0.6 is 0 Å². The van der Waals surface area contributed by atoms with Crippen molar-refractivity contribution in [2.45, 2.75) is 20.3 Å². The minimum Gasteiger partial charge on any atom is -0.378 e. The zero-order valence-corrected chi connectivity index (χ0v) is 13.9. The zero-order valence-electron chi connectivity index (χ0n) is 13.9. The van der Waals surface area contributed by atoms with E-state index in [-0.39, 0.29) is 16.5 Å². The van der Waals surface area contributed by atoms with Gasteiger partial charge in [-0.15, -0.1) is 0 Å². The third-order valence-electron chi connectivity index (χ3n) is 4.54. The Hall–Kier alpha value is -2.41. The monoisotopic (exact) mass is 331 g/mol. The van der Waals surface area contributed by atoms with Gasteiger partial charge in [-0.1, -0.05) is 6.92 Å². The molecule has 1 aliphatic rings. The van der Waals surface area contributed by atoms with Gasteiger partial charge in [-0.2, -0.15) is 0 Å². The summed E-state index contributed by atoms with van der Waals surface area (Å²) in [6, 6.07) is 3.37. The Morgan fingerprint density at radius 3 is 2.75 bits per heavy atom. The highest BCUT2D eigenvalue weighted by molar-refractivity contribution is 6.01. The van der Waals surface area contributed by atoms with Gasteiger partial charge in [0.1, 0.15) is 11.8 Å². The number of morpholine rings is 1. The first kappa shape index (κ1) is 16.4. The van der Waals surface area contributed by atoms with Gasteiger partial charge in [0.2, 0.25) is 0 Å². The molecule has 1 atom stereocenters. The van der Waals surface area contributed by atoms with Crippen LogP contribution in [0.2, 0.25) is 0 Å². The molecule has 0 spiro atoms. The van der Waals surface area contributed by atoms with E-state index in [0.29, 0.717) is 25.2 Å². The van der Waals surface area contributed by atoms with E-state index in [1.807, 2.05) is 19.9 Å². The van der Waals surface area contributed by atoms with Gasteiger partial charge in [-0.25, -0.2) is 0 Å². The Morgan fingerprint density at radius 2 is 2.12 bits per heavy atom. The molecule has 7 nitrogen and oxygen atoms in total. The molecule has 2 aromatic rings. The number of nitro benzene ring substituents is 1. The summed E-state index contributed by atoms with van der Waals surface area (Å²) in [4.78, 5) is 27.5. The number of H-pyrrole nitrogens is 1. The van der Waals surface area contributed by atoms with Crippen molar-refractivity contribution in [1.82, 2.24) is 4.98 Å². The van der Waals surface area contributed by atoms with E-state index in [1.165, 1.54) is 0 Å². The molecule has 3 rings (SSSR count). The van der Waals surface area contributed by atoms with Gasteiger partial charge in [-0.3, -0.25) is 10.1 Å². The molecule has 1 aliphatic heterocycles. The molecular formula is C17H21N3O4. The molecule has 0 radical (unpaired) electrons. The number of carbonyl (C=O) groups is 1. The van der Waals surface area contributed by atoms with Crippen molar-refractivity contribution >= 4 is 28.6 Å².